The molecule has 0 radical (unpaired) electrons. The molecule has 3 amide bonds. The first-order chi connectivity index (χ1) is 12.5. The fourth-order valence-electron chi connectivity index (χ4n) is 2.89. The predicted molar refractivity (Wildman–Crippen MR) is 105 cm³/mol. The van der Waals surface area contributed by atoms with Crippen LogP contribution in [0.1, 0.15) is 12.8 Å². The summed E-state index contributed by atoms with van der Waals surface area (Å²) < 4.78 is 0. The Morgan fingerprint density at radius 2 is 1.65 bits per heavy atom. The van der Waals surface area contributed by atoms with Gasteiger partial charge in [-0.05, 0) is 43.2 Å². The molecule has 2 aromatic rings. The van der Waals surface area contributed by atoms with E-state index in [-0.39, 0.29) is 17.9 Å². The van der Waals surface area contributed by atoms with Gasteiger partial charge in [0.1, 0.15) is 0 Å². The number of para-hydroxylation sites is 1. The molecule has 1 aliphatic rings. The second-order valence-corrected chi connectivity index (χ2v) is 7.01. The smallest absolute Gasteiger partial charge is 0.321 e. The van der Waals surface area contributed by atoms with Crippen molar-refractivity contribution in [1.82, 2.24) is 4.90 Å². The van der Waals surface area contributed by atoms with Gasteiger partial charge in [0, 0.05) is 29.7 Å². The molecule has 1 saturated heterocycles. The monoisotopic (exact) mass is 391 g/mol. The van der Waals surface area contributed by atoms with E-state index in [1.54, 1.807) is 23.1 Å². The first kappa shape index (κ1) is 18.5. The first-order valence-corrected chi connectivity index (χ1v) is 9.15. The van der Waals surface area contributed by atoms with Crippen molar-refractivity contribution in [3.05, 3.63) is 58.6 Å². The van der Waals surface area contributed by atoms with E-state index in [1.165, 1.54) is 0 Å². The Hall–Kier alpha value is -2.24. The molecule has 3 rings (SSSR count). The maximum Gasteiger partial charge on any atom is 0.321 e. The number of carbonyl (C=O) groups excluding carboxylic acids is 2. The Balaban J connectivity index is 1.51. The summed E-state index contributed by atoms with van der Waals surface area (Å²) in [5.74, 6) is -0.236. The first-order valence-electron chi connectivity index (χ1n) is 8.40. The molecule has 0 saturated carbocycles. The fourth-order valence-corrected chi connectivity index (χ4v) is 3.35. The molecule has 0 spiro atoms. The summed E-state index contributed by atoms with van der Waals surface area (Å²) in [5.41, 5.74) is 1.31. The van der Waals surface area contributed by atoms with Crippen LogP contribution in [0.2, 0.25) is 10.0 Å². The Morgan fingerprint density at radius 3 is 2.31 bits per heavy atom. The number of anilines is 2. The number of rotatable bonds is 3. The van der Waals surface area contributed by atoms with Crippen molar-refractivity contribution in [3.63, 3.8) is 0 Å². The van der Waals surface area contributed by atoms with Gasteiger partial charge in [-0.2, -0.15) is 0 Å². The topological polar surface area (TPSA) is 61.4 Å². The summed E-state index contributed by atoms with van der Waals surface area (Å²) in [6, 6.07) is 14.1. The van der Waals surface area contributed by atoms with E-state index in [4.69, 9.17) is 23.2 Å². The van der Waals surface area contributed by atoms with Gasteiger partial charge >= 0.3 is 6.03 Å². The van der Waals surface area contributed by atoms with E-state index in [2.05, 4.69) is 10.6 Å². The lowest BCUT2D eigenvalue weighted by molar-refractivity contribution is -0.121. The third kappa shape index (κ3) is 4.68. The number of nitrogens with one attached hydrogen (secondary N) is 2. The molecule has 0 atom stereocenters. The van der Waals surface area contributed by atoms with Crippen LogP contribution in [0, 0.1) is 5.92 Å². The number of piperidine rings is 1. The van der Waals surface area contributed by atoms with E-state index < -0.39 is 0 Å². The molecule has 5 nitrogen and oxygen atoms in total. The van der Waals surface area contributed by atoms with E-state index in [0.717, 1.165) is 5.69 Å². The minimum absolute atomic E-state index is 0.0858. The van der Waals surface area contributed by atoms with Gasteiger partial charge in [-0.15, -0.1) is 0 Å². The van der Waals surface area contributed by atoms with Gasteiger partial charge in [-0.3, -0.25) is 4.79 Å². The fraction of sp³-hybridized carbons (Fsp3) is 0.263. The number of hydrogen-bond donors (Lipinski definition) is 2. The standard InChI is InChI=1S/C19H19Cl2N3O2/c20-14-6-7-17(16(21)12-14)23-18(25)13-8-10-24(11-9-13)19(26)22-15-4-2-1-3-5-15/h1-7,12-13H,8-11H2,(H,22,26)(H,23,25). The maximum absolute atomic E-state index is 12.5. The van der Waals surface area contributed by atoms with Gasteiger partial charge in [-0.25, -0.2) is 4.79 Å². The minimum Gasteiger partial charge on any atom is -0.325 e. The summed E-state index contributed by atoms with van der Waals surface area (Å²) in [6.07, 6.45) is 1.22. The minimum atomic E-state index is -0.150. The lowest BCUT2D eigenvalue weighted by Crippen LogP contribution is -2.43. The number of urea groups is 1. The average molecular weight is 392 g/mol. The van der Waals surface area contributed by atoms with E-state index >= 15 is 0 Å². The van der Waals surface area contributed by atoms with Crippen molar-refractivity contribution in [1.29, 1.82) is 0 Å². The van der Waals surface area contributed by atoms with Crippen LogP contribution in [0.5, 0.6) is 0 Å². The van der Waals surface area contributed by atoms with E-state index in [1.807, 2.05) is 30.3 Å². The van der Waals surface area contributed by atoms with Crippen LogP contribution in [0.4, 0.5) is 16.2 Å². The summed E-state index contributed by atoms with van der Waals surface area (Å²) in [7, 11) is 0. The Labute approximate surface area is 162 Å². The van der Waals surface area contributed by atoms with Crippen molar-refractivity contribution in [3.8, 4) is 0 Å². The highest BCUT2D eigenvalue weighted by Crippen LogP contribution is 2.27. The van der Waals surface area contributed by atoms with Crippen LogP contribution in [-0.4, -0.2) is 29.9 Å². The summed E-state index contributed by atoms with van der Waals surface area (Å²) in [5, 5.41) is 6.63. The summed E-state index contributed by atoms with van der Waals surface area (Å²) in [6.45, 7) is 1.07. The van der Waals surface area contributed by atoms with Crippen LogP contribution >= 0.6 is 23.2 Å². The second kappa shape index (κ2) is 8.43. The Morgan fingerprint density at radius 1 is 0.962 bits per heavy atom. The zero-order valence-corrected chi connectivity index (χ0v) is 15.6. The largest absolute Gasteiger partial charge is 0.325 e. The predicted octanol–water partition coefficient (Wildman–Crippen LogP) is 4.88. The molecule has 1 fully saturated rings. The molecule has 1 aliphatic heterocycles. The van der Waals surface area contributed by atoms with Gasteiger partial charge in [0.15, 0.2) is 0 Å². The number of likely N-dealkylation sites (tertiary alicyclic amines) is 1. The van der Waals surface area contributed by atoms with Crippen molar-refractivity contribution < 1.29 is 9.59 Å². The SMILES string of the molecule is O=C(Nc1ccc(Cl)cc1Cl)C1CCN(C(=O)Nc2ccccc2)CC1. The number of hydrogen-bond acceptors (Lipinski definition) is 2. The molecule has 0 aliphatic carbocycles. The van der Waals surface area contributed by atoms with Crippen LogP contribution in [0.15, 0.2) is 48.5 Å². The van der Waals surface area contributed by atoms with Crippen LogP contribution in [0.3, 0.4) is 0 Å². The highest BCUT2D eigenvalue weighted by atomic mass is 35.5. The Bertz CT molecular complexity index is 791. The molecule has 7 heteroatoms. The second-order valence-electron chi connectivity index (χ2n) is 6.17. The molecule has 1 heterocycles. The molecule has 0 bridgehead atoms. The number of carbonyl (C=O) groups is 2. The van der Waals surface area contributed by atoms with Gasteiger partial charge in [0.05, 0.1) is 10.7 Å². The highest BCUT2D eigenvalue weighted by molar-refractivity contribution is 6.36. The average Bonchev–Trinajstić information content (AvgIpc) is 2.65. The normalized spacial score (nSPS) is 14.8. The zero-order chi connectivity index (χ0) is 18.5. The maximum atomic E-state index is 12.5. The van der Waals surface area contributed by atoms with E-state index in [0.29, 0.717) is 41.7 Å². The van der Waals surface area contributed by atoms with Gasteiger partial charge in [-0.1, -0.05) is 41.4 Å². The number of amides is 3. The lowest BCUT2D eigenvalue weighted by Gasteiger charge is -2.31. The van der Waals surface area contributed by atoms with Gasteiger partial charge in [0.2, 0.25) is 5.91 Å². The van der Waals surface area contributed by atoms with Crippen LogP contribution in [-0.2, 0) is 4.79 Å². The van der Waals surface area contributed by atoms with Crippen LogP contribution < -0.4 is 10.6 Å². The number of nitrogens with zero attached hydrogens (tertiary/aromatic N) is 1. The summed E-state index contributed by atoms with van der Waals surface area (Å²) >= 11 is 12.0. The molecule has 2 N–H and O–H groups in total. The molecule has 0 unspecified atom stereocenters. The molecule has 0 aromatic heterocycles. The van der Waals surface area contributed by atoms with Crippen molar-refractivity contribution >= 4 is 46.5 Å². The zero-order valence-electron chi connectivity index (χ0n) is 14.0. The Kier molecular flexibility index (Phi) is 6.01. The van der Waals surface area contributed by atoms with Crippen molar-refractivity contribution in [2.45, 2.75) is 12.8 Å². The third-order valence-corrected chi connectivity index (χ3v) is 4.91. The molecule has 26 heavy (non-hydrogen) atoms. The molecule has 136 valence electrons. The quantitative estimate of drug-likeness (QED) is 0.783. The summed E-state index contributed by atoms with van der Waals surface area (Å²) in [4.78, 5) is 26.5. The highest BCUT2D eigenvalue weighted by Gasteiger charge is 2.27. The molecule has 2 aromatic carbocycles. The van der Waals surface area contributed by atoms with Crippen molar-refractivity contribution in [2.75, 3.05) is 23.7 Å². The molecular formula is C19H19Cl2N3O2. The van der Waals surface area contributed by atoms with Gasteiger partial charge in [0.25, 0.3) is 0 Å². The number of halogens is 2. The third-order valence-electron chi connectivity index (χ3n) is 4.37. The lowest BCUT2D eigenvalue weighted by atomic mass is 9.96. The number of benzene rings is 2. The molecular weight excluding hydrogens is 373 g/mol. The van der Waals surface area contributed by atoms with Crippen LogP contribution in [0.25, 0.3) is 0 Å². The van der Waals surface area contributed by atoms with Crippen molar-refractivity contribution in [2.24, 2.45) is 5.92 Å². The van der Waals surface area contributed by atoms with Gasteiger partial charge < -0.3 is 15.5 Å². The van der Waals surface area contributed by atoms with E-state index in [9.17, 15) is 9.59 Å².